The molecule has 1 aliphatic heterocycles. The lowest BCUT2D eigenvalue weighted by Crippen LogP contribution is -2.47. The lowest BCUT2D eigenvalue weighted by atomic mass is 10.0. The molecule has 18 heavy (non-hydrogen) atoms. The van der Waals surface area contributed by atoms with E-state index in [2.05, 4.69) is 0 Å². The van der Waals surface area contributed by atoms with E-state index in [0.717, 1.165) is 5.56 Å². The molecule has 4 nitrogen and oxygen atoms in total. The molecule has 1 N–H and O–H groups in total. The summed E-state index contributed by atoms with van der Waals surface area (Å²) in [6.45, 7) is 0.759. The van der Waals surface area contributed by atoms with Gasteiger partial charge in [-0.05, 0) is 12.0 Å². The standard InChI is InChI=1S/C13H15NO3.ClH/c15-11-6-7-12(13(16)17)14(9-11)8-10-4-2-1-3-5-10;/h1-5,12H,6-9H2,(H,16,17);1H/t12-;/m1./s1. The summed E-state index contributed by atoms with van der Waals surface area (Å²) in [4.78, 5) is 24.2. The van der Waals surface area contributed by atoms with Crippen molar-refractivity contribution in [3.63, 3.8) is 0 Å². The molecule has 0 amide bonds. The minimum atomic E-state index is -0.839. The van der Waals surface area contributed by atoms with E-state index in [9.17, 15) is 9.59 Å². The van der Waals surface area contributed by atoms with E-state index in [4.69, 9.17) is 5.11 Å². The first kappa shape index (κ1) is 14.7. The van der Waals surface area contributed by atoms with Crippen LogP contribution >= 0.6 is 12.4 Å². The largest absolute Gasteiger partial charge is 0.480 e. The maximum absolute atomic E-state index is 11.4. The zero-order valence-corrected chi connectivity index (χ0v) is 10.7. The molecule has 2 rings (SSSR count). The molecular formula is C13H16ClNO3. The minimum Gasteiger partial charge on any atom is -0.480 e. The molecule has 1 aliphatic rings. The van der Waals surface area contributed by atoms with Gasteiger partial charge >= 0.3 is 5.97 Å². The Kier molecular flexibility index (Phi) is 5.31. The van der Waals surface area contributed by atoms with Crippen LogP contribution in [0.3, 0.4) is 0 Å². The molecule has 0 aromatic heterocycles. The number of piperidine rings is 1. The molecule has 5 heteroatoms. The number of carboxylic acids is 1. The van der Waals surface area contributed by atoms with Crippen molar-refractivity contribution in [3.05, 3.63) is 35.9 Å². The van der Waals surface area contributed by atoms with Crippen LogP contribution in [0.4, 0.5) is 0 Å². The molecule has 0 spiro atoms. The summed E-state index contributed by atoms with van der Waals surface area (Å²) in [6.07, 6.45) is 0.795. The van der Waals surface area contributed by atoms with Gasteiger partial charge in [0.15, 0.2) is 0 Å². The van der Waals surface area contributed by atoms with Gasteiger partial charge in [-0.15, -0.1) is 12.4 Å². The topological polar surface area (TPSA) is 57.6 Å². The van der Waals surface area contributed by atoms with Gasteiger partial charge in [0.2, 0.25) is 0 Å². The van der Waals surface area contributed by atoms with Gasteiger partial charge in [-0.1, -0.05) is 30.3 Å². The molecule has 0 saturated carbocycles. The summed E-state index contributed by atoms with van der Waals surface area (Å²) in [6, 6.07) is 9.09. The van der Waals surface area contributed by atoms with Crippen molar-refractivity contribution in [1.29, 1.82) is 0 Å². The lowest BCUT2D eigenvalue weighted by molar-refractivity contribution is -0.146. The first-order valence-electron chi connectivity index (χ1n) is 5.69. The van der Waals surface area contributed by atoms with E-state index in [-0.39, 0.29) is 24.7 Å². The molecule has 0 radical (unpaired) electrons. The van der Waals surface area contributed by atoms with Gasteiger partial charge in [0, 0.05) is 13.0 Å². The Morgan fingerprint density at radius 2 is 2.00 bits per heavy atom. The van der Waals surface area contributed by atoms with E-state index < -0.39 is 12.0 Å². The van der Waals surface area contributed by atoms with E-state index in [1.165, 1.54) is 0 Å². The van der Waals surface area contributed by atoms with Gasteiger partial charge in [-0.2, -0.15) is 0 Å². The highest BCUT2D eigenvalue weighted by Gasteiger charge is 2.31. The second kappa shape index (κ2) is 6.52. The summed E-state index contributed by atoms with van der Waals surface area (Å²) in [5, 5.41) is 9.12. The normalized spacial score (nSPS) is 20.2. The number of halogens is 1. The average Bonchev–Trinajstić information content (AvgIpc) is 2.30. The van der Waals surface area contributed by atoms with Gasteiger partial charge in [0.1, 0.15) is 11.8 Å². The third kappa shape index (κ3) is 3.55. The van der Waals surface area contributed by atoms with Crippen LogP contribution in [-0.2, 0) is 16.1 Å². The van der Waals surface area contributed by atoms with E-state index in [0.29, 0.717) is 19.4 Å². The van der Waals surface area contributed by atoms with Crippen molar-refractivity contribution in [1.82, 2.24) is 4.90 Å². The number of carbonyl (C=O) groups excluding carboxylic acids is 1. The smallest absolute Gasteiger partial charge is 0.320 e. The molecule has 1 saturated heterocycles. The molecule has 0 unspecified atom stereocenters. The highest BCUT2D eigenvalue weighted by Crippen LogP contribution is 2.18. The third-order valence-corrected chi connectivity index (χ3v) is 3.03. The van der Waals surface area contributed by atoms with E-state index >= 15 is 0 Å². The van der Waals surface area contributed by atoms with Crippen molar-refractivity contribution in [2.24, 2.45) is 0 Å². The highest BCUT2D eigenvalue weighted by atomic mass is 35.5. The summed E-state index contributed by atoms with van der Waals surface area (Å²) in [5.41, 5.74) is 1.04. The molecule has 98 valence electrons. The summed E-state index contributed by atoms with van der Waals surface area (Å²) in [5.74, 6) is -0.716. The SMILES string of the molecule is Cl.O=C1CC[C@H](C(=O)O)N(Cc2ccccc2)C1. The van der Waals surface area contributed by atoms with Crippen LogP contribution in [0.1, 0.15) is 18.4 Å². The Morgan fingerprint density at radius 3 is 2.61 bits per heavy atom. The molecule has 1 aromatic carbocycles. The fourth-order valence-electron chi connectivity index (χ4n) is 2.16. The molecule has 1 heterocycles. The molecule has 1 aromatic rings. The summed E-state index contributed by atoms with van der Waals surface area (Å²) in [7, 11) is 0. The predicted octanol–water partition coefficient (Wildman–Crippen LogP) is 1.73. The Morgan fingerprint density at radius 1 is 1.33 bits per heavy atom. The Hall–Kier alpha value is -1.39. The lowest BCUT2D eigenvalue weighted by Gasteiger charge is -2.31. The van der Waals surface area contributed by atoms with Crippen LogP contribution in [0.25, 0.3) is 0 Å². The van der Waals surface area contributed by atoms with Gasteiger partial charge in [-0.25, -0.2) is 0 Å². The van der Waals surface area contributed by atoms with Gasteiger partial charge in [-0.3, -0.25) is 14.5 Å². The second-order valence-corrected chi connectivity index (χ2v) is 4.32. The number of rotatable bonds is 3. The fourth-order valence-corrected chi connectivity index (χ4v) is 2.16. The van der Waals surface area contributed by atoms with Crippen LogP contribution in [0, 0.1) is 0 Å². The van der Waals surface area contributed by atoms with Crippen LogP contribution in [0.5, 0.6) is 0 Å². The molecule has 1 atom stereocenters. The Labute approximate surface area is 112 Å². The number of Topliss-reactive ketones (excluding diaryl/α,β-unsaturated/α-hetero) is 1. The van der Waals surface area contributed by atoms with Crippen molar-refractivity contribution in [3.8, 4) is 0 Å². The zero-order valence-electron chi connectivity index (χ0n) is 9.91. The molecule has 0 bridgehead atoms. The van der Waals surface area contributed by atoms with Crippen molar-refractivity contribution >= 4 is 24.2 Å². The first-order chi connectivity index (χ1) is 8.16. The van der Waals surface area contributed by atoms with Gasteiger partial charge in [0.25, 0.3) is 0 Å². The average molecular weight is 270 g/mol. The van der Waals surface area contributed by atoms with Crippen molar-refractivity contribution < 1.29 is 14.7 Å². The predicted molar refractivity (Wildman–Crippen MR) is 69.8 cm³/mol. The number of likely N-dealkylation sites (tertiary alicyclic amines) is 1. The molecule has 0 aliphatic carbocycles. The number of nitrogens with zero attached hydrogens (tertiary/aromatic N) is 1. The number of hydrogen-bond acceptors (Lipinski definition) is 3. The van der Waals surface area contributed by atoms with Gasteiger partial charge < -0.3 is 5.11 Å². The number of hydrogen-bond donors (Lipinski definition) is 1. The molecule has 1 fully saturated rings. The second-order valence-electron chi connectivity index (χ2n) is 4.32. The Balaban J connectivity index is 0.00000162. The number of benzene rings is 1. The number of carboxylic acid groups (broad SMARTS) is 1. The fraction of sp³-hybridized carbons (Fsp3) is 0.385. The maximum Gasteiger partial charge on any atom is 0.320 e. The first-order valence-corrected chi connectivity index (χ1v) is 5.69. The number of aliphatic carboxylic acids is 1. The quantitative estimate of drug-likeness (QED) is 0.908. The van der Waals surface area contributed by atoms with E-state index in [1.807, 2.05) is 30.3 Å². The van der Waals surface area contributed by atoms with Crippen molar-refractivity contribution in [2.75, 3.05) is 6.54 Å². The zero-order chi connectivity index (χ0) is 12.3. The van der Waals surface area contributed by atoms with Crippen LogP contribution < -0.4 is 0 Å². The van der Waals surface area contributed by atoms with Crippen LogP contribution in [-0.4, -0.2) is 34.3 Å². The summed E-state index contributed by atoms with van der Waals surface area (Å²) >= 11 is 0. The van der Waals surface area contributed by atoms with E-state index in [1.54, 1.807) is 4.90 Å². The molecular weight excluding hydrogens is 254 g/mol. The van der Waals surface area contributed by atoms with Crippen molar-refractivity contribution in [2.45, 2.75) is 25.4 Å². The summed E-state index contributed by atoms with van der Waals surface area (Å²) < 4.78 is 0. The van der Waals surface area contributed by atoms with Crippen LogP contribution in [0.15, 0.2) is 30.3 Å². The van der Waals surface area contributed by atoms with Crippen LogP contribution in [0.2, 0.25) is 0 Å². The third-order valence-electron chi connectivity index (χ3n) is 3.03. The highest BCUT2D eigenvalue weighted by molar-refractivity contribution is 5.85. The Bertz CT molecular complexity index is 422. The number of ketones is 1. The monoisotopic (exact) mass is 269 g/mol. The van der Waals surface area contributed by atoms with Gasteiger partial charge in [0.05, 0.1) is 6.54 Å². The number of carbonyl (C=O) groups is 2. The minimum absolute atomic E-state index is 0. The maximum atomic E-state index is 11.4.